The van der Waals surface area contributed by atoms with E-state index >= 15 is 8.78 Å². The summed E-state index contributed by atoms with van der Waals surface area (Å²) in [6.07, 6.45) is 5.64. The SMILES string of the molecule is C=CC(=O)N1CCN(c2nc(=O)n3c4c(c(-c5ccc(F)cc5)c(C)cc24)SCC(NCCC)C3)CC1.C=CC(=O)N1CCN(c2nc(=O)n3c4c(c(-c5ccc(F)cc5F)c(C)cc24)SCC(NCCC)C3)CC1.C=CC(=O)N1[C@H](C)CN(c2nc(=O)n3c4c(c(-c5cc(Cl)c(F)cc5F)c(C)cc24)SCC(OCCN(C)C)C3)C[C@@H]1C. The van der Waals surface area contributed by atoms with Gasteiger partial charge in [0.2, 0.25) is 17.7 Å². The maximum atomic E-state index is 15.4. The highest BCUT2D eigenvalue weighted by Crippen LogP contribution is 2.49. The lowest BCUT2D eigenvalue weighted by atomic mass is 9.97. The largest absolute Gasteiger partial charge is 0.374 e. The van der Waals surface area contributed by atoms with E-state index in [1.54, 1.807) is 59.5 Å². The summed E-state index contributed by atoms with van der Waals surface area (Å²) in [7, 11) is 3.92. The Morgan fingerprint density at radius 3 is 1.41 bits per heavy atom. The second-order valence-corrected chi connectivity index (χ2v) is 34.4. The molecule has 0 bridgehead atoms. The molecule has 118 heavy (non-hydrogen) atoms. The monoisotopic (exact) mass is 1690 g/mol. The average molecular weight is 1690 g/mol. The third-order valence-corrected chi connectivity index (χ3v) is 26.3. The van der Waals surface area contributed by atoms with Crippen LogP contribution in [0.5, 0.6) is 0 Å². The summed E-state index contributed by atoms with van der Waals surface area (Å²) in [4.78, 5) is 107. The Hall–Kier alpha value is -9.40. The summed E-state index contributed by atoms with van der Waals surface area (Å²) < 4.78 is 83.5. The molecule has 5 atom stereocenters. The van der Waals surface area contributed by atoms with Crippen molar-refractivity contribution in [3.63, 3.8) is 0 Å². The molecule has 3 fully saturated rings. The number of piperazine rings is 3. The van der Waals surface area contributed by atoms with Gasteiger partial charge in [-0.3, -0.25) is 28.1 Å². The van der Waals surface area contributed by atoms with E-state index in [0.29, 0.717) is 141 Å². The number of carbonyl (C=O) groups is 3. The molecule has 15 rings (SSSR count). The number of nitrogens with one attached hydrogen (secondary N) is 2. The van der Waals surface area contributed by atoms with E-state index in [2.05, 4.69) is 77.1 Å². The number of aromatic nitrogens is 6. The van der Waals surface area contributed by atoms with Crippen molar-refractivity contribution < 1.29 is 41.1 Å². The van der Waals surface area contributed by atoms with E-state index in [-0.39, 0.29) is 82.3 Å². The topological polar surface area (TPSA) is 212 Å². The van der Waals surface area contributed by atoms with Gasteiger partial charge < -0.3 is 49.7 Å². The van der Waals surface area contributed by atoms with Crippen molar-refractivity contribution >= 4 is 115 Å². The van der Waals surface area contributed by atoms with Gasteiger partial charge in [-0.05, 0) is 164 Å². The summed E-state index contributed by atoms with van der Waals surface area (Å²) in [5, 5.41) is 9.41. The third-order valence-electron chi connectivity index (χ3n) is 22.3. The van der Waals surface area contributed by atoms with Crippen LogP contribution >= 0.6 is 46.9 Å². The van der Waals surface area contributed by atoms with Gasteiger partial charge in [-0.15, -0.1) is 35.3 Å². The first-order valence-electron chi connectivity index (χ1n) is 39.9. The average Bonchev–Trinajstić information content (AvgIpc) is 1.40. The summed E-state index contributed by atoms with van der Waals surface area (Å²) in [5.41, 5.74) is 7.42. The Morgan fingerprint density at radius 2 is 0.949 bits per heavy atom. The van der Waals surface area contributed by atoms with Gasteiger partial charge in [0.25, 0.3) is 0 Å². The maximum Gasteiger partial charge on any atom is 0.350 e. The summed E-state index contributed by atoms with van der Waals surface area (Å²) in [6, 6.07) is 18.1. The number of carbonyl (C=O) groups excluding carboxylic acids is 3. The number of rotatable bonds is 19. The molecule has 31 heteroatoms. The number of ether oxygens (including phenoxy) is 1. The normalized spacial score (nSPS) is 18.7. The third kappa shape index (κ3) is 18.1. The first-order chi connectivity index (χ1) is 56.6. The zero-order chi connectivity index (χ0) is 84.2. The van der Waals surface area contributed by atoms with Crippen molar-refractivity contribution in [2.75, 3.05) is 138 Å². The van der Waals surface area contributed by atoms with Crippen LogP contribution in [0.3, 0.4) is 0 Å². The van der Waals surface area contributed by atoms with Crippen LogP contribution in [-0.4, -0.2) is 219 Å². The second-order valence-electron chi connectivity index (χ2n) is 30.9. The van der Waals surface area contributed by atoms with Crippen LogP contribution in [0.15, 0.2) is 140 Å². The number of thioether (sulfide) groups is 3. The van der Waals surface area contributed by atoms with Crippen molar-refractivity contribution in [3.05, 3.63) is 193 Å². The van der Waals surface area contributed by atoms with E-state index in [9.17, 15) is 41.9 Å². The molecule has 3 saturated heterocycles. The van der Waals surface area contributed by atoms with E-state index in [0.717, 1.165) is 115 Å². The predicted octanol–water partition coefficient (Wildman–Crippen LogP) is 12.7. The fraction of sp³-hybridized carbons (Fsp3) is 0.414. The minimum atomic E-state index is -0.838. The van der Waals surface area contributed by atoms with Gasteiger partial charge in [0.1, 0.15) is 46.5 Å². The molecule has 3 aromatic heterocycles. The molecule has 6 aliphatic heterocycles. The van der Waals surface area contributed by atoms with Crippen molar-refractivity contribution in [1.82, 2.24) is 58.9 Å². The highest BCUT2D eigenvalue weighted by Gasteiger charge is 2.38. The molecule has 9 heterocycles. The Balaban J connectivity index is 0.000000154. The van der Waals surface area contributed by atoms with Crippen molar-refractivity contribution in [2.45, 2.75) is 126 Å². The minimum Gasteiger partial charge on any atom is -0.374 e. The molecule has 0 saturated carbocycles. The molecule has 0 spiro atoms. The summed E-state index contributed by atoms with van der Waals surface area (Å²) >= 11 is 10.9. The molecule has 2 N–H and O–H groups in total. The Kier molecular flexibility index (Phi) is 27.5. The first kappa shape index (κ1) is 86.4. The van der Waals surface area contributed by atoms with Gasteiger partial charge in [-0.2, -0.15) is 15.0 Å². The molecule has 9 aromatic rings. The maximum absolute atomic E-state index is 15.4. The molecule has 0 aliphatic carbocycles. The van der Waals surface area contributed by atoms with Gasteiger partial charge in [0, 0.05) is 197 Å². The van der Waals surface area contributed by atoms with Gasteiger partial charge in [0.05, 0.1) is 40.8 Å². The number of anilines is 3. The number of hydrogen-bond acceptors (Lipinski definition) is 19. The standard InChI is InChI=1S/C31H36ClF2N5O3S.C28H31F2N5O2S.C28H32FN5O2S/c1-7-26(40)39-18(3)13-37(14-19(39)4)30-22-10-17(2)27(21-11-23(32)25(34)12-24(21)33)29-28(22)38(31(41)35-30)15-20(16-43-29)42-9-8-36(5)6;1-4-8-31-19-15-35-25-21(27(32-28(35)37)34-11-9-33(10-12-34)23(36)5-2)13-17(3)24(26(25)38-16-19)20-7-6-18(29)14-22(20)30;1-4-10-30-21-16-34-25-22(27(31-28(34)36)33-13-11-32(12-14-33)23(35)5-2)15-18(3)24(26(25)37-17-21)19-6-8-20(29)9-7-19/h7,10-12,18-20H,1,8-9,13-16H2,2-6H3;5-7,13-14,19,31H,2,4,8-12,15-16H2,1,3H3;5-9,15,21,30H,2,4,10-14,16-17H2,1,3H3/t18-,19+,20?;;. The number of aryl methyl sites for hydroxylation is 3. The van der Waals surface area contributed by atoms with Crippen LogP contribution in [0, 0.1) is 49.9 Å². The molecular weight excluding hydrogens is 1590 g/mol. The van der Waals surface area contributed by atoms with Gasteiger partial charge in [-0.25, -0.2) is 36.3 Å². The van der Waals surface area contributed by atoms with Crippen molar-refractivity contribution in [1.29, 1.82) is 0 Å². The van der Waals surface area contributed by atoms with E-state index < -0.39 is 29.0 Å². The fourth-order valence-electron chi connectivity index (χ4n) is 16.6. The number of halogens is 6. The molecule has 3 amide bonds. The van der Waals surface area contributed by atoms with Crippen LogP contribution in [0.2, 0.25) is 5.02 Å². The zero-order valence-corrected chi connectivity index (χ0v) is 71.1. The molecular formula is C87H99ClF5N15O7S3. The van der Waals surface area contributed by atoms with Gasteiger partial charge >= 0.3 is 17.1 Å². The summed E-state index contributed by atoms with van der Waals surface area (Å²) in [5.74, 6) is 0.305. The molecule has 3 unspecified atom stereocenters. The quantitative estimate of drug-likeness (QED) is 0.0438. The zero-order valence-electron chi connectivity index (χ0n) is 67.9. The van der Waals surface area contributed by atoms with Crippen molar-refractivity contribution in [3.8, 4) is 33.4 Å². The Morgan fingerprint density at radius 1 is 0.525 bits per heavy atom. The minimum absolute atomic E-state index is 0.0283. The van der Waals surface area contributed by atoms with E-state index in [4.69, 9.17) is 16.3 Å². The molecule has 624 valence electrons. The number of amides is 3. The van der Waals surface area contributed by atoms with Crippen LogP contribution in [0.4, 0.5) is 39.4 Å². The number of benzene rings is 6. The molecule has 6 aromatic carbocycles. The lowest BCUT2D eigenvalue weighted by Crippen LogP contribution is -2.58. The smallest absolute Gasteiger partial charge is 0.350 e. The molecule has 0 radical (unpaired) electrons. The highest BCUT2D eigenvalue weighted by atomic mass is 35.5. The Bertz CT molecular complexity index is 5570. The van der Waals surface area contributed by atoms with Crippen LogP contribution in [0.25, 0.3) is 66.1 Å². The van der Waals surface area contributed by atoms with Crippen LogP contribution in [0.1, 0.15) is 57.2 Å². The second kappa shape index (κ2) is 37.5. The Labute approximate surface area is 700 Å². The van der Waals surface area contributed by atoms with Crippen molar-refractivity contribution in [2.24, 2.45) is 0 Å². The van der Waals surface area contributed by atoms with E-state index in [1.165, 1.54) is 60.3 Å². The van der Waals surface area contributed by atoms with Gasteiger partial charge in [-0.1, -0.05) is 57.3 Å². The van der Waals surface area contributed by atoms with Crippen LogP contribution in [-0.2, 0) is 38.8 Å². The molecule has 22 nitrogen and oxygen atoms in total. The predicted molar refractivity (Wildman–Crippen MR) is 464 cm³/mol. The van der Waals surface area contributed by atoms with E-state index in [1.807, 2.05) is 73.2 Å². The highest BCUT2D eigenvalue weighted by molar-refractivity contribution is 8.00. The number of hydrogen-bond donors (Lipinski definition) is 2. The lowest BCUT2D eigenvalue weighted by molar-refractivity contribution is -0.130. The van der Waals surface area contributed by atoms with Gasteiger partial charge in [0.15, 0.2) is 0 Å². The number of nitrogens with zero attached hydrogens (tertiary/aromatic N) is 13. The number of likely N-dealkylation sites (N-methyl/N-ethyl adjacent to an activating group) is 1. The fourth-order valence-corrected chi connectivity index (χ4v) is 20.9. The first-order valence-corrected chi connectivity index (χ1v) is 43.2. The molecule has 6 aliphatic rings. The van der Waals surface area contributed by atoms with Crippen LogP contribution < -0.4 is 42.4 Å². The lowest BCUT2D eigenvalue weighted by Gasteiger charge is -2.44. The summed E-state index contributed by atoms with van der Waals surface area (Å²) in [6.45, 7) is 34.2.